The van der Waals surface area contributed by atoms with Crippen molar-refractivity contribution in [1.29, 1.82) is 0 Å². The fourth-order valence-electron chi connectivity index (χ4n) is 2.32. The highest BCUT2D eigenvalue weighted by molar-refractivity contribution is 5.77. The van der Waals surface area contributed by atoms with E-state index < -0.39 is 0 Å². The van der Waals surface area contributed by atoms with Gasteiger partial charge in [-0.15, -0.1) is 0 Å². The van der Waals surface area contributed by atoms with Crippen molar-refractivity contribution in [3.63, 3.8) is 0 Å². The van der Waals surface area contributed by atoms with Gasteiger partial charge < -0.3 is 16.4 Å². The van der Waals surface area contributed by atoms with E-state index in [0.717, 1.165) is 37.3 Å². The van der Waals surface area contributed by atoms with Crippen LogP contribution in [0.2, 0.25) is 0 Å². The Kier molecular flexibility index (Phi) is 3.36. The molecule has 1 fully saturated rings. The molecule has 6 nitrogen and oxygen atoms in total. The third-order valence-corrected chi connectivity index (χ3v) is 3.47. The summed E-state index contributed by atoms with van der Waals surface area (Å²) in [6.07, 6.45) is 1.55. The maximum Gasteiger partial charge on any atom is 0.220 e. The minimum absolute atomic E-state index is 0.0122. The molecule has 0 bridgehead atoms. The van der Waals surface area contributed by atoms with Crippen LogP contribution in [0.4, 0.5) is 11.6 Å². The number of carbonyl (C=O) groups is 1. The number of aromatic nitrogens is 2. The molecule has 0 aromatic carbocycles. The zero-order valence-electron chi connectivity index (χ0n) is 10.8. The van der Waals surface area contributed by atoms with E-state index in [1.165, 1.54) is 0 Å². The minimum atomic E-state index is -0.204. The number of hydrogen-bond donors (Lipinski definition) is 2. The van der Waals surface area contributed by atoms with E-state index in [2.05, 4.69) is 14.9 Å². The second-order valence-corrected chi connectivity index (χ2v) is 4.77. The summed E-state index contributed by atoms with van der Waals surface area (Å²) in [5.74, 6) is 1.86. The molecule has 1 aromatic rings. The first-order valence-electron chi connectivity index (χ1n) is 6.14. The number of rotatable bonds is 2. The molecule has 0 aliphatic carbocycles. The molecular weight excluding hydrogens is 230 g/mol. The number of primary amides is 1. The van der Waals surface area contributed by atoms with E-state index in [1.807, 2.05) is 13.8 Å². The Balaban J connectivity index is 2.17. The molecule has 1 saturated heterocycles. The Bertz CT molecular complexity index is 466. The summed E-state index contributed by atoms with van der Waals surface area (Å²) in [6, 6.07) is 0. The van der Waals surface area contributed by atoms with E-state index in [1.54, 1.807) is 0 Å². The highest BCUT2D eigenvalue weighted by Crippen LogP contribution is 2.26. The number of nitrogens with zero attached hydrogens (tertiary/aromatic N) is 3. The summed E-state index contributed by atoms with van der Waals surface area (Å²) >= 11 is 0. The maximum atomic E-state index is 11.1. The van der Waals surface area contributed by atoms with E-state index >= 15 is 0 Å². The van der Waals surface area contributed by atoms with Crippen molar-refractivity contribution < 1.29 is 4.79 Å². The fraction of sp³-hybridized carbons (Fsp3) is 0.583. The Morgan fingerprint density at radius 2 is 1.89 bits per heavy atom. The minimum Gasteiger partial charge on any atom is -0.383 e. The van der Waals surface area contributed by atoms with Crippen molar-refractivity contribution in [2.24, 2.45) is 11.7 Å². The maximum absolute atomic E-state index is 11.1. The second kappa shape index (κ2) is 4.80. The molecular formula is C12H19N5O. The number of carbonyl (C=O) groups excluding carboxylic acids is 1. The summed E-state index contributed by atoms with van der Waals surface area (Å²) in [7, 11) is 0. The molecule has 0 saturated carbocycles. The van der Waals surface area contributed by atoms with E-state index in [-0.39, 0.29) is 11.8 Å². The first-order chi connectivity index (χ1) is 8.49. The SMILES string of the molecule is Cc1nc(N)c(C)c(N2CCC(C(N)=O)CC2)n1. The van der Waals surface area contributed by atoms with Crippen molar-refractivity contribution >= 4 is 17.5 Å². The van der Waals surface area contributed by atoms with Gasteiger partial charge in [-0.25, -0.2) is 9.97 Å². The van der Waals surface area contributed by atoms with E-state index in [4.69, 9.17) is 11.5 Å². The van der Waals surface area contributed by atoms with Gasteiger partial charge in [0.15, 0.2) is 0 Å². The van der Waals surface area contributed by atoms with E-state index in [9.17, 15) is 4.79 Å². The fourth-order valence-corrected chi connectivity index (χ4v) is 2.32. The Hall–Kier alpha value is -1.85. The van der Waals surface area contributed by atoms with Crippen molar-refractivity contribution in [1.82, 2.24) is 9.97 Å². The summed E-state index contributed by atoms with van der Waals surface area (Å²) in [5.41, 5.74) is 12.1. The number of aryl methyl sites for hydroxylation is 1. The number of nitrogens with two attached hydrogens (primary N) is 2. The standard InChI is InChI=1S/C12H19N5O/c1-7-10(13)15-8(2)16-12(7)17-5-3-9(4-6-17)11(14)18/h9H,3-6H2,1-2H3,(H2,14,18)(H2,13,15,16). The summed E-state index contributed by atoms with van der Waals surface area (Å²) in [4.78, 5) is 21.9. The van der Waals surface area contributed by atoms with Gasteiger partial charge >= 0.3 is 0 Å². The Labute approximate surface area is 106 Å². The van der Waals surface area contributed by atoms with Crippen molar-refractivity contribution in [2.45, 2.75) is 26.7 Å². The van der Waals surface area contributed by atoms with Gasteiger partial charge in [0.05, 0.1) is 0 Å². The van der Waals surface area contributed by atoms with Gasteiger partial charge in [0, 0.05) is 24.6 Å². The lowest BCUT2D eigenvalue weighted by Gasteiger charge is -2.32. The van der Waals surface area contributed by atoms with Crippen LogP contribution in [0.5, 0.6) is 0 Å². The van der Waals surface area contributed by atoms with Crippen LogP contribution in [-0.4, -0.2) is 29.0 Å². The first kappa shape index (κ1) is 12.6. The highest BCUT2D eigenvalue weighted by atomic mass is 16.1. The topological polar surface area (TPSA) is 98.1 Å². The molecule has 1 aliphatic rings. The summed E-state index contributed by atoms with van der Waals surface area (Å²) in [5, 5.41) is 0. The number of piperidine rings is 1. The second-order valence-electron chi connectivity index (χ2n) is 4.77. The highest BCUT2D eigenvalue weighted by Gasteiger charge is 2.25. The molecule has 2 rings (SSSR count). The van der Waals surface area contributed by atoms with Crippen molar-refractivity contribution in [3.8, 4) is 0 Å². The zero-order valence-corrected chi connectivity index (χ0v) is 10.8. The van der Waals surface area contributed by atoms with Crippen LogP contribution in [0.1, 0.15) is 24.2 Å². The number of nitrogen functional groups attached to an aromatic ring is 1. The average Bonchev–Trinajstić information content (AvgIpc) is 2.34. The lowest BCUT2D eigenvalue weighted by atomic mass is 9.96. The predicted molar refractivity (Wildman–Crippen MR) is 70.0 cm³/mol. The molecule has 1 aliphatic heterocycles. The zero-order chi connectivity index (χ0) is 13.3. The molecule has 1 amide bonds. The molecule has 0 unspecified atom stereocenters. The van der Waals surface area contributed by atoms with Gasteiger partial charge in [0.2, 0.25) is 5.91 Å². The largest absolute Gasteiger partial charge is 0.383 e. The molecule has 1 aromatic heterocycles. The number of anilines is 2. The van der Waals surface area contributed by atoms with Crippen molar-refractivity contribution in [2.75, 3.05) is 23.7 Å². The van der Waals surface area contributed by atoms with Crippen LogP contribution in [0.3, 0.4) is 0 Å². The van der Waals surface area contributed by atoms with Crippen LogP contribution >= 0.6 is 0 Å². The van der Waals surface area contributed by atoms with E-state index in [0.29, 0.717) is 11.6 Å². The smallest absolute Gasteiger partial charge is 0.220 e. The van der Waals surface area contributed by atoms with Gasteiger partial charge in [-0.05, 0) is 26.7 Å². The van der Waals surface area contributed by atoms with Crippen LogP contribution < -0.4 is 16.4 Å². The lowest BCUT2D eigenvalue weighted by molar-refractivity contribution is -0.122. The predicted octanol–water partition coefficient (Wildman–Crippen LogP) is 0.377. The van der Waals surface area contributed by atoms with Gasteiger partial charge in [-0.2, -0.15) is 0 Å². The molecule has 4 N–H and O–H groups in total. The Morgan fingerprint density at radius 3 is 2.44 bits per heavy atom. The molecule has 0 spiro atoms. The quantitative estimate of drug-likeness (QED) is 0.789. The molecule has 2 heterocycles. The normalized spacial score (nSPS) is 16.9. The summed E-state index contributed by atoms with van der Waals surface area (Å²) in [6.45, 7) is 5.31. The van der Waals surface area contributed by atoms with Crippen LogP contribution in [0, 0.1) is 19.8 Å². The third kappa shape index (κ3) is 2.37. The number of hydrogen-bond acceptors (Lipinski definition) is 5. The van der Waals surface area contributed by atoms with Crippen LogP contribution in [0.15, 0.2) is 0 Å². The molecule has 0 radical (unpaired) electrons. The van der Waals surface area contributed by atoms with Gasteiger partial charge in [-0.3, -0.25) is 4.79 Å². The third-order valence-electron chi connectivity index (χ3n) is 3.47. The van der Waals surface area contributed by atoms with Gasteiger partial charge in [-0.1, -0.05) is 0 Å². The van der Waals surface area contributed by atoms with Gasteiger partial charge in [0.1, 0.15) is 17.5 Å². The van der Waals surface area contributed by atoms with Crippen LogP contribution in [-0.2, 0) is 4.79 Å². The molecule has 0 atom stereocenters. The van der Waals surface area contributed by atoms with Gasteiger partial charge in [0.25, 0.3) is 0 Å². The monoisotopic (exact) mass is 249 g/mol. The molecule has 6 heteroatoms. The first-order valence-corrected chi connectivity index (χ1v) is 6.14. The Morgan fingerprint density at radius 1 is 1.28 bits per heavy atom. The lowest BCUT2D eigenvalue weighted by Crippen LogP contribution is -2.39. The number of amides is 1. The van der Waals surface area contributed by atoms with Crippen LogP contribution in [0.25, 0.3) is 0 Å². The summed E-state index contributed by atoms with van der Waals surface area (Å²) < 4.78 is 0. The van der Waals surface area contributed by atoms with Crippen molar-refractivity contribution in [3.05, 3.63) is 11.4 Å². The average molecular weight is 249 g/mol. The molecule has 98 valence electrons. The molecule has 18 heavy (non-hydrogen) atoms.